The molecule has 2 N–H and O–H groups in total. The van der Waals surface area contributed by atoms with Gasteiger partial charge >= 0.3 is 5.97 Å². The smallest absolute Gasteiger partial charge is 0.308 e. The van der Waals surface area contributed by atoms with Gasteiger partial charge in [0.05, 0.1) is 24.7 Å². The standard InChI is InChI=1S/C22H28BrN3O7S/c1-30-9-10-32-18-5-4-14(23)11-16(18)20(28)25-22(34)26-7-6-24-21(29)17(26)12-19(27)33-13-15-3-2-8-31-15/h4-5,11,15,17H,2-3,6-10,12-13H2,1H3,(H,24,29)(H,25,28,34). The first-order valence-corrected chi connectivity index (χ1v) is 12.2. The molecular weight excluding hydrogens is 530 g/mol. The van der Waals surface area contributed by atoms with E-state index in [1.807, 2.05) is 0 Å². The predicted octanol–water partition coefficient (Wildman–Crippen LogP) is 1.40. The number of amides is 2. The maximum Gasteiger partial charge on any atom is 0.308 e. The summed E-state index contributed by atoms with van der Waals surface area (Å²) in [6.07, 6.45) is 1.47. The molecule has 186 valence electrons. The summed E-state index contributed by atoms with van der Waals surface area (Å²) in [5.74, 6) is -1.02. The number of piperazine rings is 1. The highest BCUT2D eigenvalue weighted by molar-refractivity contribution is 9.10. The third-order valence-electron chi connectivity index (χ3n) is 5.36. The average Bonchev–Trinajstić information content (AvgIpc) is 3.33. The van der Waals surface area contributed by atoms with Crippen LogP contribution in [-0.4, -0.2) is 86.6 Å². The van der Waals surface area contributed by atoms with Gasteiger partial charge in [-0.15, -0.1) is 0 Å². The molecule has 1 aromatic carbocycles. The van der Waals surface area contributed by atoms with E-state index in [1.54, 1.807) is 25.3 Å². The van der Waals surface area contributed by atoms with Gasteiger partial charge in [-0.25, -0.2) is 0 Å². The summed E-state index contributed by atoms with van der Waals surface area (Å²) in [5, 5.41) is 5.43. The summed E-state index contributed by atoms with van der Waals surface area (Å²) in [5.41, 5.74) is 0.266. The lowest BCUT2D eigenvalue weighted by Gasteiger charge is -2.36. The Hall–Kier alpha value is -2.28. The molecule has 12 heteroatoms. The number of carbonyl (C=O) groups is 3. The summed E-state index contributed by atoms with van der Waals surface area (Å²) in [7, 11) is 1.56. The van der Waals surface area contributed by atoms with Gasteiger partial charge in [-0.1, -0.05) is 15.9 Å². The monoisotopic (exact) mass is 557 g/mol. The van der Waals surface area contributed by atoms with E-state index >= 15 is 0 Å². The quantitative estimate of drug-likeness (QED) is 0.264. The number of halogens is 1. The van der Waals surface area contributed by atoms with Crippen molar-refractivity contribution in [2.24, 2.45) is 0 Å². The van der Waals surface area contributed by atoms with Gasteiger partial charge in [0, 0.05) is 31.3 Å². The molecule has 34 heavy (non-hydrogen) atoms. The molecule has 2 heterocycles. The maximum absolute atomic E-state index is 13.0. The number of nitrogens with zero attached hydrogens (tertiary/aromatic N) is 1. The van der Waals surface area contributed by atoms with Gasteiger partial charge in [0.25, 0.3) is 5.91 Å². The van der Waals surface area contributed by atoms with Crippen LogP contribution in [0.1, 0.15) is 29.6 Å². The number of nitrogens with one attached hydrogen (secondary N) is 2. The second-order valence-corrected chi connectivity index (χ2v) is 9.07. The van der Waals surface area contributed by atoms with Gasteiger partial charge in [-0.2, -0.15) is 0 Å². The molecule has 2 fully saturated rings. The van der Waals surface area contributed by atoms with Gasteiger partial charge in [-0.3, -0.25) is 19.7 Å². The van der Waals surface area contributed by atoms with Crippen LogP contribution in [0.3, 0.4) is 0 Å². The van der Waals surface area contributed by atoms with Crippen molar-refractivity contribution in [3.05, 3.63) is 28.2 Å². The Kier molecular flexibility index (Phi) is 10.1. The fourth-order valence-corrected chi connectivity index (χ4v) is 4.29. The van der Waals surface area contributed by atoms with Crippen molar-refractivity contribution in [3.63, 3.8) is 0 Å². The summed E-state index contributed by atoms with van der Waals surface area (Å²) in [4.78, 5) is 39.4. The minimum atomic E-state index is -0.890. The second kappa shape index (κ2) is 13.0. The summed E-state index contributed by atoms with van der Waals surface area (Å²) in [6, 6.07) is 4.14. The van der Waals surface area contributed by atoms with E-state index in [-0.39, 0.29) is 42.3 Å². The molecule has 2 atom stereocenters. The van der Waals surface area contributed by atoms with E-state index < -0.39 is 17.9 Å². The molecule has 2 aliphatic heterocycles. The fourth-order valence-electron chi connectivity index (χ4n) is 3.62. The van der Waals surface area contributed by atoms with Crippen LogP contribution < -0.4 is 15.4 Å². The number of carbonyl (C=O) groups excluding carboxylic acids is 3. The molecule has 10 nitrogen and oxygen atoms in total. The average molecular weight is 558 g/mol. The molecule has 0 bridgehead atoms. The molecular formula is C22H28BrN3O7S. The Balaban J connectivity index is 1.63. The lowest BCUT2D eigenvalue weighted by atomic mass is 10.1. The third kappa shape index (κ3) is 7.36. The van der Waals surface area contributed by atoms with Gasteiger partial charge in [-0.05, 0) is 43.3 Å². The summed E-state index contributed by atoms with van der Waals surface area (Å²) < 4.78 is 22.1. The lowest BCUT2D eigenvalue weighted by Crippen LogP contribution is -2.60. The summed E-state index contributed by atoms with van der Waals surface area (Å²) >= 11 is 8.79. The molecule has 1 aromatic rings. The number of benzene rings is 1. The van der Waals surface area contributed by atoms with Crippen molar-refractivity contribution in [3.8, 4) is 5.75 Å². The van der Waals surface area contributed by atoms with Gasteiger partial charge in [0.15, 0.2) is 5.11 Å². The van der Waals surface area contributed by atoms with Crippen LogP contribution in [0, 0.1) is 0 Å². The van der Waals surface area contributed by atoms with Crippen molar-refractivity contribution in [2.75, 3.05) is 46.6 Å². The van der Waals surface area contributed by atoms with Crippen molar-refractivity contribution in [1.29, 1.82) is 0 Å². The Bertz CT molecular complexity index is 910. The molecule has 0 aliphatic carbocycles. The zero-order valence-electron chi connectivity index (χ0n) is 18.8. The van der Waals surface area contributed by atoms with E-state index in [0.717, 1.165) is 12.8 Å². The first-order valence-electron chi connectivity index (χ1n) is 11.0. The van der Waals surface area contributed by atoms with Crippen LogP contribution in [0.4, 0.5) is 0 Å². The zero-order chi connectivity index (χ0) is 24.5. The molecule has 0 radical (unpaired) electrons. The van der Waals surface area contributed by atoms with Crippen molar-refractivity contribution in [1.82, 2.24) is 15.5 Å². The van der Waals surface area contributed by atoms with Crippen LogP contribution in [0.2, 0.25) is 0 Å². The SMILES string of the molecule is COCCOc1ccc(Br)cc1C(=O)NC(=S)N1CCNC(=O)C1CC(=O)OCC1CCCO1. The highest BCUT2D eigenvalue weighted by Crippen LogP contribution is 2.24. The highest BCUT2D eigenvalue weighted by Gasteiger charge is 2.34. The van der Waals surface area contributed by atoms with Crippen LogP contribution in [0.15, 0.2) is 22.7 Å². The Morgan fingerprint density at radius 3 is 2.91 bits per heavy atom. The molecule has 3 rings (SSSR count). The Labute approximate surface area is 211 Å². The first-order chi connectivity index (χ1) is 16.4. The number of hydrogen-bond donors (Lipinski definition) is 2. The molecule has 2 unspecified atom stereocenters. The van der Waals surface area contributed by atoms with Crippen LogP contribution in [0.25, 0.3) is 0 Å². The normalized spacial score (nSPS) is 19.9. The van der Waals surface area contributed by atoms with Crippen LogP contribution in [-0.2, 0) is 23.8 Å². The lowest BCUT2D eigenvalue weighted by molar-refractivity contribution is -0.150. The number of hydrogen-bond acceptors (Lipinski definition) is 8. The topological polar surface area (TPSA) is 115 Å². The van der Waals surface area contributed by atoms with Crippen LogP contribution in [0.5, 0.6) is 5.75 Å². The fraction of sp³-hybridized carbons (Fsp3) is 0.545. The number of ether oxygens (including phenoxy) is 4. The number of esters is 1. The second-order valence-electron chi connectivity index (χ2n) is 7.76. The van der Waals surface area contributed by atoms with E-state index in [0.29, 0.717) is 36.5 Å². The Morgan fingerprint density at radius 2 is 2.18 bits per heavy atom. The van der Waals surface area contributed by atoms with Gasteiger partial charge in [0.1, 0.15) is 25.0 Å². The Morgan fingerprint density at radius 1 is 1.35 bits per heavy atom. The molecule has 2 aliphatic rings. The third-order valence-corrected chi connectivity index (χ3v) is 6.19. The largest absolute Gasteiger partial charge is 0.490 e. The van der Waals surface area contributed by atoms with Gasteiger partial charge in [0.2, 0.25) is 5.91 Å². The van der Waals surface area contributed by atoms with Crippen LogP contribution >= 0.6 is 28.1 Å². The molecule has 0 aromatic heterocycles. The predicted molar refractivity (Wildman–Crippen MR) is 130 cm³/mol. The minimum absolute atomic E-state index is 0.0413. The van der Waals surface area contributed by atoms with E-state index in [1.165, 1.54) is 4.90 Å². The molecule has 2 saturated heterocycles. The van der Waals surface area contributed by atoms with Crippen molar-refractivity contribution in [2.45, 2.75) is 31.4 Å². The van der Waals surface area contributed by atoms with Crippen molar-refractivity contribution >= 4 is 51.0 Å². The number of methoxy groups -OCH3 is 1. The van der Waals surface area contributed by atoms with E-state index in [4.69, 9.17) is 31.2 Å². The highest BCUT2D eigenvalue weighted by atomic mass is 79.9. The molecule has 0 spiro atoms. The zero-order valence-corrected chi connectivity index (χ0v) is 21.2. The number of thiocarbonyl (C=S) groups is 1. The van der Waals surface area contributed by atoms with Crippen molar-refractivity contribution < 1.29 is 33.3 Å². The van der Waals surface area contributed by atoms with E-state index in [9.17, 15) is 14.4 Å². The number of rotatable bonds is 9. The molecule has 2 amide bonds. The molecule has 0 saturated carbocycles. The van der Waals surface area contributed by atoms with Gasteiger partial charge < -0.3 is 29.2 Å². The van der Waals surface area contributed by atoms with E-state index in [2.05, 4.69) is 26.6 Å². The first kappa shape index (κ1) is 26.3. The summed E-state index contributed by atoms with van der Waals surface area (Å²) in [6.45, 7) is 2.12. The maximum atomic E-state index is 13.0. The minimum Gasteiger partial charge on any atom is -0.490 e.